The van der Waals surface area contributed by atoms with E-state index < -0.39 is 0 Å². The molecule has 2 aromatic heterocycles. The fourth-order valence-electron chi connectivity index (χ4n) is 2.73. The zero-order valence-electron chi connectivity index (χ0n) is 13.4. The number of pyridine rings is 1. The molecule has 0 aliphatic carbocycles. The number of fused-ring (bicyclic) bond motifs is 1. The average molecular weight is 328 g/mol. The summed E-state index contributed by atoms with van der Waals surface area (Å²) in [6.07, 6.45) is 0. The minimum Gasteiger partial charge on any atom is -0.493 e. The maximum atomic E-state index is 9.65. The Morgan fingerprint density at radius 3 is 2.12 bits per heavy atom. The highest BCUT2D eigenvalue weighted by molar-refractivity contribution is 5.84. The predicted molar refractivity (Wildman–Crippen MR) is 97.8 cm³/mol. The van der Waals surface area contributed by atoms with Gasteiger partial charge in [0, 0.05) is 23.7 Å². The number of hydrogen-bond donors (Lipinski definition) is 2. The summed E-state index contributed by atoms with van der Waals surface area (Å²) < 4.78 is 0. The summed E-state index contributed by atoms with van der Waals surface area (Å²) in [5.74, 6) is -0.0707. The molecule has 0 atom stereocenters. The SMILES string of the molecule is NCc1ccc(-c2nc3nc(O)ccc3nc2-c2ccccc2)cc1. The van der Waals surface area contributed by atoms with Crippen LogP contribution >= 0.6 is 0 Å². The summed E-state index contributed by atoms with van der Waals surface area (Å²) >= 11 is 0. The van der Waals surface area contributed by atoms with Crippen LogP contribution in [0.4, 0.5) is 0 Å². The van der Waals surface area contributed by atoms with Gasteiger partial charge in [0.05, 0.1) is 11.4 Å². The van der Waals surface area contributed by atoms with Crippen LogP contribution in [0.2, 0.25) is 0 Å². The summed E-state index contributed by atoms with van der Waals surface area (Å²) in [5.41, 5.74) is 11.2. The van der Waals surface area contributed by atoms with E-state index in [1.165, 1.54) is 6.07 Å². The minimum absolute atomic E-state index is 0.0707. The summed E-state index contributed by atoms with van der Waals surface area (Å²) in [6.45, 7) is 0.491. The Hall–Kier alpha value is -3.31. The fourth-order valence-corrected chi connectivity index (χ4v) is 2.73. The van der Waals surface area contributed by atoms with Gasteiger partial charge < -0.3 is 10.8 Å². The third-order valence-corrected chi connectivity index (χ3v) is 4.02. The highest BCUT2D eigenvalue weighted by Gasteiger charge is 2.14. The van der Waals surface area contributed by atoms with Gasteiger partial charge in [-0.1, -0.05) is 54.6 Å². The number of rotatable bonds is 3. The molecule has 0 fully saturated rings. The van der Waals surface area contributed by atoms with Crippen molar-refractivity contribution in [3.8, 4) is 28.4 Å². The lowest BCUT2D eigenvalue weighted by Crippen LogP contribution is -1.98. The lowest BCUT2D eigenvalue weighted by molar-refractivity contribution is 0.455. The molecule has 0 aliphatic heterocycles. The summed E-state index contributed by atoms with van der Waals surface area (Å²) in [7, 11) is 0. The number of aromatic hydroxyl groups is 1. The largest absolute Gasteiger partial charge is 0.493 e. The third kappa shape index (κ3) is 2.93. The Morgan fingerprint density at radius 2 is 1.40 bits per heavy atom. The lowest BCUT2D eigenvalue weighted by Gasteiger charge is -2.10. The Balaban J connectivity index is 1.98. The van der Waals surface area contributed by atoms with Crippen LogP contribution in [-0.2, 0) is 6.54 Å². The zero-order valence-corrected chi connectivity index (χ0v) is 13.4. The molecule has 2 heterocycles. The zero-order chi connectivity index (χ0) is 17.2. The molecule has 0 unspecified atom stereocenters. The van der Waals surface area contributed by atoms with E-state index in [-0.39, 0.29) is 5.88 Å². The van der Waals surface area contributed by atoms with Gasteiger partial charge in [0.15, 0.2) is 5.65 Å². The van der Waals surface area contributed by atoms with Crippen molar-refractivity contribution in [2.24, 2.45) is 5.73 Å². The van der Waals surface area contributed by atoms with E-state index in [9.17, 15) is 5.11 Å². The normalized spacial score (nSPS) is 10.9. The van der Waals surface area contributed by atoms with Gasteiger partial charge in [-0.15, -0.1) is 0 Å². The van der Waals surface area contributed by atoms with Gasteiger partial charge in [0.1, 0.15) is 5.52 Å². The molecule has 0 amide bonds. The van der Waals surface area contributed by atoms with Gasteiger partial charge in [0.2, 0.25) is 5.88 Å². The second-order valence-corrected chi connectivity index (χ2v) is 5.70. The van der Waals surface area contributed by atoms with Gasteiger partial charge in [0.25, 0.3) is 0 Å². The van der Waals surface area contributed by atoms with Crippen LogP contribution in [0.15, 0.2) is 66.7 Å². The number of benzene rings is 2. The monoisotopic (exact) mass is 328 g/mol. The van der Waals surface area contributed by atoms with Crippen LogP contribution in [0.25, 0.3) is 33.7 Å². The molecular formula is C20H16N4O. The van der Waals surface area contributed by atoms with Crippen LogP contribution in [0.5, 0.6) is 5.88 Å². The Bertz CT molecular complexity index is 1030. The molecule has 4 rings (SSSR count). The third-order valence-electron chi connectivity index (χ3n) is 4.02. The number of nitrogens with zero attached hydrogens (tertiary/aromatic N) is 3. The van der Waals surface area contributed by atoms with Crippen molar-refractivity contribution < 1.29 is 5.11 Å². The standard InChI is InChI=1S/C20H16N4O/c21-12-13-6-8-15(9-7-13)19-18(14-4-2-1-3-5-14)22-16-10-11-17(25)23-20(16)24-19/h1-11H,12,21H2,(H,23,24,25). The van der Waals surface area contributed by atoms with Crippen LogP contribution in [0.3, 0.4) is 0 Å². The van der Waals surface area contributed by atoms with Crippen molar-refractivity contribution >= 4 is 11.2 Å². The van der Waals surface area contributed by atoms with E-state index in [0.717, 1.165) is 28.1 Å². The average Bonchev–Trinajstić information content (AvgIpc) is 2.67. The van der Waals surface area contributed by atoms with Crippen LogP contribution < -0.4 is 5.73 Å². The molecule has 25 heavy (non-hydrogen) atoms. The van der Waals surface area contributed by atoms with Crippen molar-refractivity contribution in [1.29, 1.82) is 0 Å². The van der Waals surface area contributed by atoms with Crippen molar-refractivity contribution in [2.45, 2.75) is 6.54 Å². The smallest absolute Gasteiger partial charge is 0.212 e. The van der Waals surface area contributed by atoms with E-state index >= 15 is 0 Å². The fraction of sp³-hybridized carbons (Fsp3) is 0.0500. The number of aromatic nitrogens is 3. The van der Waals surface area contributed by atoms with Gasteiger partial charge in [-0.25, -0.2) is 9.97 Å². The first-order valence-electron chi connectivity index (χ1n) is 7.97. The summed E-state index contributed by atoms with van der Waals surface area (Å²) in [5, 5.41) is 9.65. The van der Waals surface area contributed by atoms with Gasteiger partial charge in [-0.05, 0) is 11.6 Å². The first-order valence-corrected chi connectivity index (χ1v) is 7.97. The molecule has 5 heteroatoms. The predicted octanol–water partition coefficient (Wildman–Crippen LogP) is 3.52. The van der Waals surface area contributed by atoms with Crippen LogP contribution in [0, 0.1) is 0 Å². The molecule has 3 N–H and O–H groups in total. The number of nitrogens with two attached hydrogens (primary N) is 1. The molecule has 5 nitrogen and oxygen atoms in total. The quantitative estimate of drug-likeness (QED) is 0.601. The summed E-state index contributed by atoms with van der Waals surface area (Å²) in [6, 6.07) is 21.1. The number of hydrogen-bond acceptors (Lipinski definition) is 5. The van der Waals surface area contributed by atoms with E-state index in [0.29, 0.717) is 17.7 Å². The topological polar surface area (TPSA) is 84.9 Å². The van der Waals surface area contributed by atoms with Crippen molar-refractivity contribution in [3.05, 3.63) is 72.3 Å². The first-order chi connectivity index (χ1) is 12.2. The second kappa shape index (κ2) is 6.30. The lowest BCUT2D eigenvalue weighted by atomic mass is 10.0. The molecule has 0 spiro atoms. The van der Waals surface area contributed by atoms with Gasteiger partial charge in [-0.3, -0.25) is 0 Å². The van der Waals surface area contributed by atoms with E-state index in [4.69, 9.17) is 10.7 Å². The Labute approximate surface area is 144 Å². The second-order valence-electron chi connectivity index (χ2n) is 5.70. The van der Waals surface area contributed by atoms with E-state index in [2.05, 4.69) is 9.97 Å². The van der Waals surface area contributed by atoms with E-state index in [1.54, 1.807) is 6.07 Å². The van der Waals surface area contributed by atoms with Crippen LogP contribution in [-0.4, -0.2) is 20.1 Å². The highest BCUT2D eigenvalue weighted by atomic mass is 16.3. The highest BCUT2D eigenvalue weighted by Crippen LogP contribution is 2.31. The summed E-state index contributed by atoms with van der Waals surface area (Å²) in [4.78, 5) is 13.5. The molecule has 0 saturated carbocycles. The molecule has 0 saturated heterocycles. The van der Waals surface area contributed by atoms with Gasteiger partial charge >= 0.3 is 0 Å². The maximum Gasteiger partial charge on any atom is 0.212 e. The van der Waals surface area contributed by atoms with Crippen LogP contribution in [0.1, 0.15) is 5.56 Å². The maximum absolute atomic E-state index is 9.65. The molecule has 122 valence electrons. The molecular weight excluding hydrogens is 312 g/mol. The molecule has 0 radical (unpaired) electrons. The van der Waals surface area contributed by atoms with Crippen molar-refractivity contribution in [1.82, 2.24) is 15.0 Å². The molecule has 2 aromatic carbocycles. The molecule has 0 aliphatic rings. The Morgan fingerprint density at radius 1 is 0.720 bits per heavy atom. The minimum atomic E-state index is -0.0707. The van der Waals surface area contributed by atoms with Crippen molar-refractivity contribution in [3.63, 3.8) is 0 Å². The molecule has 4 aromatic rings. The van der Waals surface area contributed by atoms with Crippen molar-refractivity contribution in [2.75, 3.05) is 0 Å². The first kappa shape index (κ1) is 15.2. The van der Waals surface area contributed by atoms with Gasteiger partial charge in [-0.2, -0.15) is 4.98 Å². The molecule has 0 bridgehead atoms. The van der Waals surface area contributed by atoms with E-state index in [1.807, 2.05) is 54.6 Å². The Kier molecular flexibility index (Phi) is 3.84.